The average Bonchev–Trinajstić information content (AvgIpc) is 3.06. The minimum atomic E-state index is -0.454. The summed E-state index contributed by atoms with van der Waals surface area (Å²) in [6, 6.07) is 8.13. The van der Waals surface area contributed by atoms with Gasteiger partial charge in [0.1, 0.15) is 11.5 Å². The van der Waals surface area contributed by atoms with Gasteiger partial charge in [-0.25, -0.2) is 0 Å². The fourth-order valence-electron chi connectivity index (χ4n) is 2.15. The van der Waals surface area contributed by atoms with Gasteiger partial charge in [0.25, 0.3) is 11.6 Å². The van der Waals surface area contributed by atoms with Gasteiger partial charge in [-0.2, -0.15) is 0 Å². The maximum absolute atomic E-state index is 11.6. The van der Waals surface area contributed by atoms with Gasteiger partial charge in [0.2, 0.25) is 0 Å². The molecule has 8 heteroatoms. The van der Waals surface area contributed by atoms with Gasteiger partial charge in [-0.3, -0.25) is 20.3 Å². The molecule has 1 aliphatic heterocycles. The number of carbonyl (C=O) groups is 1. The smallest absolute Gasteiger partial charge is 0.280 e. The molecule has 2 N–H and O–H groups in total. The van der Waals surface area contributed by atoms with Crippen molar-refractivity contribution in [1.29, 1.82) is 5.41 Å². The van der Waals surface area contributed by atoms with E-state index in [1.54, 1.807) is 31.2 Å². The number of amides is 1. The van der Waals surface area contributed by atoms with Gasteiger partial charge < -0.3 is 9.73 Å². The minimum Gasteiger partial charge on any atom is -0.456 e. The highest BCUT2D eigenvalue weighted by Gasteiger charge is 2.23. The van der Waals surface area contributed by atoms with Crippen LogP contribution in [0.3, 0.4) is 0 Å². The molecule has 0 unspecified atom stereocenters. The summed E-state index contributed by atoms with van der Waals surface area (Å²) in [5, 5.41) is 21.0. The number of hydrogen-bond acceptors (Lipinski definition) is 6. The Morgan fingerprint density at radius 3 is 2.78 bits per heavy atom. The zero-order valence-corrected chi connectivity index (χ0v) is 12.8. The number of benzene rings is 1. The Kier molecular flexibility index (Phi) is 3.75. The molecule has 0 spiro atoms. The first kappa shape index (κ1) is 15.0. The molecule has 1 aliphatic rings. The number of aryl methyl sites for hydroxylation is 1. The summed E-state index contributed by atoms with van der Waals surface area (Å²) in [5.41, 5.74) is 1.13. The molecule has 0 aliphatic carbocycles. The van der Waals surface area contributed by atoms with Crippen LogP contribution in [-0.2, 0) is 4.79 Å². The van der Waals surface area contributed by atoms with E-state index < -0.39 is 4.92 Å². The van der Waals surface area contributed by atoms with E-state index in [2.05, 4.69) is 5.32 Å². The van der Waals surface area contributed by atoms with Crippen LogP contribution in [0.15, 0.2) is 39.7 Å². The first-order valence-electron chi connectivity index (χ1n) is 6.59. The number of thioether (sulfide) groups is 1. The van der Waals surface area contributed by atoms with Crippen molar-refractivity contribution in [2.24, 2.45) is 0 Å². The molecular formula is C15H11N3O4S. The Morgan fingerprint density at radius 2 is 2.13 bits per heavy atom. The topological polar surface area (TPSA) is 109 Å². The van der Waals surface area contributed by atoms with Crippen molar-refractivity contribution in [2.75, 3.05) is 0 Å². The Bertz CT molecular complexity index is 869. The average molecular weight is 329 g/mol. The highest BCUT2D eigenvalue weighted by Crippen LogP contribution is 2.33. The summed E-state index contributed by atoms with van der Waals surface area (Å²) in [7, 11) is 0. The molecule has 7 nitrogen and oxygen atoms in total. The highest BCUT2D eigenvalue weighted by molar-refractivity contribution is 8.18. The molecule has 1 aromatic carbocycles. The lowest BCUT2D eigenvalue weighted by Gasteiger charge is -2.01. The second kappa shape index (κ2) is 5.73. The summed E-state index contributed by atoms with van der Waals surface area (Å²) in [6.45, 7) is 1.78. The summed E-state index contributed by atoms with van der Waals surface area (Å²) in [4.78, 5) is 22.6. The fourth-order valence-corrected chi connectivity index (χ4v) is 2.83. The van der Waals surface area contributed by atoms with Crippen molar-refractivity contribution < 1.29 is 14.1 Å². The molecule has 0 atom stereocenters. The summed E-state index contributed by atoms with van der Waals surface area (Å²) < 4.78 is 5.60. The van der Waals surface area contributed by atoms with Crippen LogP contribution in [-0.4, -0.2) is 16.0 Å². The highest BCUT2D eigenvalue weighted by atomic mass is 32.2. The van der Waals surface area contributed by atoms with Crippen molar-refractivity contribution in [3.05, 3.63) is 56.7 Å². The summed E-state index contributed by atoms with van der Waals surface area (Å²) in [6.07, 6.45) is 1.51. The second-order valence-electron chi connectivity index (χ2n) is 4.87. The van der Waals surface area contributed by atoms with Gasteiger partial charge in [-0.15, -0.1) is 0 Å². The third kappa shape index (κ3) is 3.02. The molecule has 1 fully saturated rings. The zero-order chi connectivity index (χ0) is 16.6. The van der Waals surface area contributed by atoms with Crippen LogP contribution < -0.4 is 5.32 Å². The van der Waals surface area contributed by atoms with Crippen molar-refractivity contribution in [3.63, 3.8) is 0 Å². The predicted molar refractivity (Wildman–Crippen MR) is 87.0 cm³/mol. The molecule has 2 aromatic rings. The van der Waals surface area contributed by atoms with Crippen molar-refractivity contribution >= 4 is 34.6 Å². The van der Waals surface area contributed by atoms with Crippen molar-refractivity contribution in [3.8, 4) is 11.3 Å². The van der Waals surface area contributed by atoms with Crippen LogP contribution >= 0.6 is 11.8 Å². The first-order valence-corrected chi connectivity index (χ1v) is 7.40. The molecule has 0 saturated carbocycles. The standard InChI is InChI=1S/C15H11N3O4S/c1-8-2-4-10(11(6-8)18(20)21)12-5-3-9(22-12)7-13-14(19)17-15(16)23-13/h2-7H,1H3,(H2,16,17,19)/b13-7+. The van der Waals surface area contributed by atoms with Crippen molar-refractivity contribution in [1.82, 2.24) is 5.32 Å². The van der Waals surface area contributed by atoms with Crippen LogP contribution in [0.5, 0.6) is 0 Å². The summed E-state index contributed by atoms with van der Waals surface area (Å²) in [5.74, 6) is 0.378. The number of nitro groups is 1. The third-order valence-electron chi connectivity index (χ3n) is 3.18. The Morgan fingerprint density at radius 1 is 1.35 bits per heavy atom. The van der Waals surface area contributed by atoms with Crippen molar-refractivity contribution in [2.45, 2.75) is 6.92 Å². The number of nitrogens with zero attached hydrogens (tertiary/aromatic N) is 1. The molecule has 0 radical (unpaired) electrons. The fraction of sp³-hybridized carbons (Fsp3) is 0.0667. The van der Waals surface area contributed by atoms with Crippen LogP contribution in [0.1, 0.15) is 11.3 Å². The number of nitrogens with one attached hydrogen (secondary N) is 2. The molecule has 2 heterocycles. The predicted octanol–water partition coefficient (Wildman–Crippen LogP) is 3.30. The van der Waals surface area contributed by atoms with E-state index >= 15 is 0 Å². The maximum Gasteiger partial charge on any atom is 0.280 e. The van der Waals surface area contributed by atoms with E-state index in [9.17, 15) is 14.9 Å². The Hall–Kier alpha value is -2.87. The SMILES string of the molecule is Cc1ccc(-c2ccc(/C=C3/SC(=N)NC3=O)o2)c([N+](=O)[O-])c1. The van der Waals surface area contributed by atoms with Crippen LogP contribution in [0.25, 0.3) is 17.4 Å². The van der Waals surface area contributed by atoms with E-state index in [4.69, 9.17) is 9.83 Å². The van der Waals surface area contributed by atoms with Gasteiger partial charge >= 0.3 is 0 Å². The molecule has 23 heavy (non-hydrogen) atoms. The van der Waals surface area contributed by atoms with E-state index in [1.165, 1.54) is 12.1 Å². The van der Waals surface area contributed by atoms with Crippen LogP contribution in [0, 0.1) is 22.4 Å². The molecular weight excluding hydrogens is 318 g/mol. The molecule has 1 aromatic heterocycles. The Balaban J connectivity index is 1.97. The first-order chi connectivity index (χ1) is 10.9. The van der Waals surface area contributed by atoms with Gasteiger partial charge in [0.15, 0.2) is 5.17 Å². The van der Waals surface area contributed by atoms with E-state index in [-0.39, 0.29) is 16.8 Å². The van der Waals surface area contributed by atoms with E-state index in [1.807, 2.05) is 0 Å². The minimum absolute atomic E-state index is 0.0340. The van der Waals surface area contributed by atoms with Gasteiger partial charge in [0, 0.05) is 12.1 Å². The van der Waals surface area contributed by atoms with E-state index in [0.29, 0.717) is 22.0 Å². The Labute approximate surface area is 135 Å². The third-order valence-corrected chi connectivity index (χ3v) is 4.01. The number of nitro benzene ring substituents is 1. The molecule has 116 valence electrons. The molecule has 0 bridgehead atoms. The normalized spacial score (nSPS) is 16.0. The molecule has 1 amide bonds. The molecule has 3 rings (SSSR count). The number of hydrogen-bond donors (Lipinski definition) is 2. The van der Waals surface area contributed by atoms with Gasteiger partial charge in [-0.1, -0.05) is 6.07 Å². The lowest BCUT2D eigenvalue weighted by atomic mass is 10.1. The number of furan rings is 1. The monoisotopic (exact) mass is 329 g/mol. The zero-order valence-electron chi connectivity index (χ0n) is 12.0. The lowest BCUT2D eigenvalue weighted by molar-refractivity contribution is -0.384. The maximum atomic E-state index is 11.6. The summed E-state index contributed by atoms with van der Waals surface area (Å²) >= 11 is 0.999. The van der Waals surface area contributed by atoms with Crippen LogP contribution in [0.4, 0.5) is 5.69 Å². The van der Waals surface area contributed by atoms with Gasteiger partial charge in [0.05, 0.1) is 15.4 Å². The number of rotatable bonds is 3. The largest absolute Gasteiger partial charge is 0.456 e. The van der Waals surface area contributed by atoms with Crippen LogP contribution in [0.2, 0.25) is 0 Å². The number of carbonyl (C=O) groups excluding carboxylic acids is 1. The number of amidine groups is 1. The second-order valence-corrected chi connectivity index (χ2v) is 5.93. The molecule has 1 saturated heterocycles. The van der Waals surface area contributed by atoms with Gasteiger partial charge in [-0.05, 0) is 42.4 Å². The van der Waals surface area contributed by atoms with E-state index in [0.717, 1.165) is 17.3 Å². The lowest BCUT2D eigenvalue weighted by Crippen LogP contribution is -2.18. The quantitative estimate of drug-likeness (QED) is 0.510.